The van der Waals surface area contributed by atoms with Crippen LogP contribution in [0, 0.1) is 0 Å². The molecular weight excluding hydrogens is 288 g/mol. The molecule has 110 valence electrons. The molecule has 1 aromatic heterocycles. The smallest absolute Gasteiger partial charge is 0.191 e. The van der Waals surface area contributed by atoms with Gasteiger partial charge in [0.15, 0.2) is 10.9 Å². The minimum absolute atomic E-state index is 0.0230. The summed E-state index contributed by atoms with van der Waals surface area (Å²) in [5.41, 5.74) is 11.8. The first-order valence-corrected chi connectivity index (χ1v) is 7.30. The summed E-state index contributed by atoms with van der Waals surface area (Å²) in [5, 5.41) is 0.510. The van der Waals surface area contributed by atoms with Crippen LogP contribution in [0.5, 0.6) is 5.75 Å². The molecule has 2 aromatic rings. The first kappa shape index (κ1) is 15.1. The first-order chi connectivity index (χ1) is 10.1. The van der Waals surface area contributed by atoms with E-state index >= 15 is 0 Å². The number of aromatic nitrogens is 2. The van der Waals surface area contributed by atoms with Crippen LogP contribution in [-0.4, -0.2) is 28.1 Å². The lowest BCUT2D eigenvalue weighted by molar-refractivity contribution is 0.101. The summed E-state index contributed by atoms with van der Waals surface area (Å²) in [6.45, 7) is 1.94. The molecule has 0 aliphatic rings. The van der Waals surface area contributed by atoms with Crippen LogP contribution in [0.1, 0.15) is 17.3 Å². The number of benzene rings is 1. The standard InChI is InChI=1S/C14H16N4O2S/c1-9(19)10-4-2-3-5-11(10)20-6-7-21-14-17-12(15)8-13(16)18-14/h2-5,8H,6-7H2,1H3,(H4,15,16,17,18). The predicted molar refractivity (Wildman–Crippen MR) is 83.5 cm³/mol. The van der Waals surface area contributed by atoms with E-state index in [1.54, 1.807) is 12.1 Å². The Balaban J connectivity index is 1.89. The third-order valence-electron chi connectivity index (χ3n) is 2.58. The summed E-state index contributed by atoms with van der Waals surface area (Å²) in [7, 11) is 0. The molecule has 0 aliphatic heterocycles. The molecule has 1 heterocycles. The fraction of sp³-hybridized carbons (Fsp3) is 0.214. The number of rotatable bonds is 6. The average molecular weight is 304 g/mol. The molecule has 0 bridgehead atoms. The number of ketones is 1. The average Bonchev–Trinajstić information content (AvgIpc) is 2.43. The van der Waals surface area contributed by atoms with Gasteiger partial charge in [0.2, 0.25) is 0 Å². The van der Waals surface area contributed by atoms with E-state index in [0.717, 1.165) is 0 Å². The molecule has 0 atom stereocenters. The molecular formula is C14H16N4O2S. The Morgan fingerprint density at radius 1 is 1.24 bits per heavy atom. The van der Waals surface area contributed by atoms with Crippen LogP contribution in [0.3, 0.4) is 0 Å². The van der Waals surface area contributed by atoms with Gasteiger partial charge in [-0.25, -0.2) is 9.97 Å². The van der Waals surface area contributed by atoms with E-state index in [1.165, 1.54) is 24.8 Å². The zero-order valence-electron chi connectivity index (χ0n) is 11.6. The van der Waals surface area contributed by atoms with Gasteiger partial charge in [0, 0.05) is 11.8 Å². The number of nitrogens with zero attached hydrogens (tertiary/aromatic N) is 2. The number of thioether (sulfide) groups is 1. The second-order valence-electron chi connectivity index (χ2n) is 4.25. The van der Waals surface area contributed by atoms with Gasteiger partial charge in [-0.15, -0.1) is 0 Å². The highest BCUT2D eigenvalue weighted by Gasteiger charge is 2.07. The minimum Gasteiger partial charge on any atom is -0.492 e. The topological polar surface area (TPSA) is 104 Å². The summed E-state index contributed by atoms with van der Waals surface area (Å²) < 4.78 is 5.62. The van der Waals surface area contributed by atoms with Crippen LogP contribution in [0.2, 0.25) is 0 Å². The SMILES string of the molecule is CC(=O)c1ccccc1OCCSc1nc(N)cc(N)n1. The number of hydrogen-bond donors (Lipinski definition) is 2. The molecule has 1 aromatic carbocycles. The Hall–Kier alpha value is -2.28. The molecule has 0 fully saturated rings. The van der Waals surface area contributed by atoms with E-state index in [2.05, 4.69) is 9.97 Å². The molecule has 0 amide bonds. The van der Waals surface area contributed by atoms with Crippen molar-refractivity contribution >= 4 is 29.2 Å². The minimum atomic E-state index is -0.0230. The Kier molecular flexibility index (Phi) is 4.99. The third-order valence-corrected chi connectivity index (χ3v) is 3.40. The predicted octanol–water partition coefficient (Wildman–Crippen LogP) is 2.01. The van der Waals surface area contributed by atoms with E-state index in [4.69, 9.17) is 16.2 Å². The number of hydrogen-bond acceptors (Lipinski definition) is 7. The van der Waals surface area contributed by atoms with E-state index in [-0.39, 0.29) is 5.78 Å². The van der Waals surface area contributed by atoms with E-state index in [1.807, 2.05) is 12.1 Å². The zero-order valence-corrected chi connectivity index (χ0v) is 12.4. The maximum Gasteiger partial charge on any atom is 0.191 e. The van der Waals surface area contributed by atoms with Gasteiger partial charge in [0.25, 0.3) is 0 Å². The fourth-order valence-corrected chi connectivity index (χ4v) is 2.38. The molecule has 0 radical (unpaired) electrons. The van der Waals surface area contributed by atoms with Crippen molar-refractivity contribution in [3.63, 3.8) is 0 Å². The number of carbonyl (C=O) groups excluding carboxylic acids is 1. The quantitative estimate of drug-likeness (QED) is 0.364. The number of anilines is 2. The number of para-hydroxylation sites is 1. The Labute approximate surface area is 126 Å². The molecule has 0 saturated carbocycles. The van der Waals surface area contributed by atoms with Gasteiger partial charge in [0.1, 0.15) is 17.4 Å². The van der Waals surface area contributed by atoms with Gasteiger partial charge >= 0.3 is 0 Å². The van der Waals surface area contributed by atoms with Crippen LogP contribution in [0.25, 0.3) is 0 Å². The molecule has 0 aliphatic carbocycles. The summed E-state index contributed by atoms with van der Waals surface area (Å²) in [6.07, 6.45) is 0. The molecule has 7 heteroatoms. The van der Waals surface area contributed by atoms with Crippen LogP contribution in [-0.2, 0) is 0 Å². The van der Waals surface area contributed by atoms with Gasteiger partial charge < -0.3 is 16.2 Å². The molecule has 4 N–H and O–H groups in total. The van der Waals surface area contributed by atoms with Crippen molar-refractivity contribution in [2.75, 3.05) is 23.8 Å². The van der Waals surface area contributed by atoms with Crippen molar-refractivity contribution in [3.05, 3.63) is 35.9 Å². The number of ether oxygens (including phenoxy) is 1. The second-order valence-corrected chi connectivity index (χ2v) is 5.31. The van der Waals surface area contributed by atoms with Crippen LogP contribution < -0.4 is 16.2 Å². The molecule has 0 saturated heterocycles. The maximum atomic E-state index is 11.5. The highest BCUT2D eigenvalue weighted by atomic mass is 32.2. The van der Waals surface area contributed by atoms with Gasteiger partial charge in [0.05, 0.1) is 12.2 Å². The van der Waals surface area contributed by atoms with Crippen LogP contribution >= 0.6 is 11.8 Å². The summed E-state index contributed by atoms with van der Waals surface area (Å²) >= 11 is 1.39. The number of nitrogen functional groups attached to an aromatic ring is 2. The second kappa shape index (κ2) is 6.94. The normalized spacial score (nSPS) is 10.3. The van der Waals surface area contributed by atoms with Gasteiger partial charge in [-0.3, -0.25) is 4.79 Å². The maximum absolute atomic E-state index is 11.5. The first-order valence-electron chi connectivity index (χ1n) is 6.32. The number of Topliss-reactive ketones (excluding diaryl/α,β-unsaturated/α-hetero) is 1. The summed E-state index contributed by atoms with van der Waals surface area (Å²) in [4.78, 5) is 19.6. The number of carbonyl (C=O) groups is 1. The lowest BCUT2D eigenvalue weighted by atomic mass is 10.1. The van der Waals surface area contributed by atoms with Crippen molar-refractivity contribution in [3.8, 4) is 5.75 Å². The fourth-order valence-electron chi connectivity index (χ4n) is 1.69. The zero-order chi connectivity index (χ0) is 15.2. The molecule has 21 heavy (non-hydrogen) atoms. The monoisotopic (exact) mass is 304 g/mol. The number of nitrogens with two attached hydrogens (primary N) is 2. The Bertz CT molecular complexity index is 628. The highest BCUT2D eigenvalue weighted by molar-refractivity contribution is 7.99. The highest BCUT2D eigenvalue weighted by Crippen LogP contribution is 2.20. The van der Waals surface area contributed by atoms with Crippen LogP contribution in [0.4, 0.5) is 11.6 Å². The van der Waals surface area contributed by atoms with Gasteiger partial charge in [-0.1, -0.05) is 23.9 Å². The molecule has 2 rings (SSSR count). The van der Waals surface area contributed by atoms with Crippen molar-refractivity contribution < 1.29 is 9.53 Å². The van der Waals surface area contributed by atoms with Crippen molar-refractivity contribution in [2.24, 2.45) is 0 Å². The van der Waals surface area contributed by atoms with Crippen molar-refractivity contribution in [1.29, 1.82) is 0 Å². The lowest BCUT2D eigenvalue weighted by Crippen LogP contribution is -2.05. The summed E-state index contributed by atoms with van der Waals surface area (Å²) in [5.74, 6) is 1.86. The van der Waals surface area contributed by atoms with Crippen LogP contribution in [0.15, 0.2) is 35.5 Å². The van der Waals surface area contributed by atoms with Gasteiger partial charge in [-0.2, -0.15) is 0 Å². The van der Waals surface area contributed by atoms with E-state index in [9.17, 15) is 4.79 Å². The van der Waals surface area contributed by atoms with E-state index < -0.39 is 0 Å². The Morgan fingerprint density at radius 2 is 1.90 bits per heavy atom. The van der Waals surface area contributed by atoms with Crippen molar-refractivity contribution in [2.45, 2.75) is 12.1 Å². The van der Waals surface area contributed by atoms with Gasteiger partial charge in [-0.05, 0) is 19.1 Å². The third kappa shape index (κ3) is 4.35. The lowest BCUT2D eigenvalue weighted by Gasteiger charge is -2.09. The molecule has 0 unspecified atom stereocenters. The van der Waals surface area contributed by atoms with E-state index in [0.29, 0.717) is 40.5 Å². The van der Waals surface area contributed by atoms with Crippen molar-refractivity contribution in [1.82, 2.24) is 9.97 Å². The largest absolute Gasteiger partial charge is 0.492 e. The summed E-state index contributed by atoms with van der Waals surface area (Å²) in [6, 6.07) is 8.66. The Morgan fingerprint density at radius 3 is 2.57 bits per heavy atom. The molecule has 0 spiro atoms. The molecule has 6 nitrogen and oxygen atoms in total.